The van der Waals surface area contributed by atoms with E-state index in [1.165, 1.54) is 27.8 Å². The van der Waals surface area contributed by atoms with Gasteiger partial charge >= 0.3 is 0 Å². The first-order valence-corrected chi connectivity index (χ1v) is 7.87. The van der Waals surface area contributed by atoms with Crippen molar-refractivity contribution in [2.24, 2.45) is 5.73 Å². The third-order valence-corrected chi connectivity index (χ3v) is 4.28. The summed E-state index contributed by atoms with van der Waals surface area (Å²) < 4.78 is 0. The molecule has 0 saturated carbocycles. The Kier molecular flexibility index (Phi) is 4.10. The van der Waals surface area contributed by atoms with E-state index in [0.29, 0.717) is 0 Å². The highest BCUT2D eigenvalue weighted by Crippen LogP contribution is 2.32. The molecule has 0 saturated heterocycles. The lowest BCUT2D eigenvalue weighted by Crippen LogP contribution is -2.14. The molecule has 0 radical (unpaired) electrons. The van der Waals surface area contributed by atoms with Crippen molar-refractivity contribution >= 4 is 11.4 Å². The number of aryl methyl sites for hydroxylation is 1. The molecule has 1 aromatic carbocycles. The summed E-state index contributed by atoms with van der Waals surface area (Å²) in [5.41, 5.74) is 13.1. The zero-order valence-corrected chi connectivity index (χ0v) is 13.0. The maximum Gasteiger partial charge on any atom is 0.118 e. The van der Waals surface area contributed by atoms with Crippen LogP contribution in [0.1, 0.15) is 36.8 Å². The minimum absolute atomic E-state index is 0.199. The smallest absolute Gasteiger partial charge is 0.118 e. The van der Waals surface area contributed by atoms with Gasteiger partial charge in [0.15, 0.2) is 0 Å². The molecule has 2 aliphatic rings. The van der Waals surface area contributed by atoms with Crippen molar-refractivity contribution in [1.82, 2.24) is 0 Å². The van der Waals surface area contributed by atoms with Gasteiger partial charge in [0, 0.05) is 0 Å². The zero-order valence-electron chi connectivity index (χ0n) is 13.0. The number of rotatable bonds is 3. The van der Waals surface area contributed by atoms with Gasteiger partial charge in [-0.2, -0.15) is 0 Å². The van der Waals surface area contributed by atoms with Crippen LogP contribution in [0.5, 0.6) is 0 Å². The molecule has 0 aromatic heterocycles. The van der Waals surface area contributed by atoms with Gasteiger partial charge in [0.1, 0.15) is 5.84 Å². The predicted octanol–water partition coefficient (Wildman–Crippen LogP) is 4.68. The van der Waals surface area contributed by atoms with E-state index >= 15 is 0 Å². The molecule has 112 valence electrons. The van der Waals surface area contributed by atoms with Gasteiger partial charge in [-0.25, -0.2) is 0 Å². The lowest BCUT2D eigenvalue weighted by atomic mass is 9.87. The SMILES string of the molecule is Cc1cccc(C2=CC(C3=CCCC(C(=N)N)=C3)=CCC2)c1. The number of amidine groups is 1. The van der Waals surface area contributed by atoms with Crippen LogP contribution in [-0.4, -0.2) is 5.84 Å². The van der Waals surface area contributed by atoms with Gasteiger partial charge in [-0.15, -0.1) is 0 Å². The highest BCUT2D eigenvalue weighted by Gasteiger charge is 2.14. The Balaban J connectivity index is 1.91. The monoisotopic (exact) mass is 290 g/mol. The van der Waals surface area contributed by atoms with Crippen LogP contribution in [0.2, 0.25) is 0 Å². The summed E-state index contributed by atoms with van der Waals surface area (Å²) in [6, 6.07) is 8.70. The van der Waals surface area contributed by atoms with Crippen LogP contribution in [0.15, 0.2) is 65.3 Å². The van der Waals surface area contributed by atoms with Crippen molar-refractivity contribution in [2.45, 2.75) is 32.6 Å². The summed E-state index contributed by atoms with van der Waals surface area (Å²) in [6.45, 7) is 2.13. The van der Waals surface area contributed by atoms with Crippen molar-refractivity contribution in [2.75, 3.05) is 0 Å². The molecule has 0 spiro atoms. The lowest BCUT2D eigenvalue weighted by Gasteiger charge is -2.18. The van der Waals surface area contributed by atoms with Crippen LogP contribution in [0.3, 0.4) is 0 Å². The topological polar surface area (TPSA) is 49.9 Å². The number of nitrogens with one attached hydrogen (secondary N) is 1. The van der Waals surface area contributed by atoms with Gasteiger partial charge in [0.25, 0.3) is 0 Å². The third-order valence-electron chi connectivity index (χ3n) is 4.28. The van der Waals surface area contributed by atoms with Gasteiger partial charge in [-0.3, -0.25) is 5.41 Å². The van der Waals surface area contributed by atoms with Crippen molar-refractivity contribution in [1.29, 1.82) is 5.41 Å². The first-order chi connectivity index (χ1) is 10.6. The maximum absolute atomic E-state index is 7.64. The van der Waals surface area contributed by atoms with E-state index in [2.05, 4.69) is 55.5 Å². The molecule has 0 bridgehead atoms. The van der Waals surface area contributed by atoms with Crippen molar-refractivity contribution in [3.63, 3.8) is 0 Å². The molecular formula is C20H22N2. The third kappa shape index (κ3) is 3.11. The summed E-state index contributed by atoms with van der Waals surface area (Å²) in [6.07, 6.45) is 12.9. The van der Waals surface area contributed by atoms with Crippen molar-refractivity contribution in [3.05, 3.63) is 76.4 Å². The Morgan fingerprint density at radius 3 is 2.50 bits per heavy atom. The van der Waals surface area contributed by atoms with Gasteiger partial charge < -0.3 is 5.73 Å². The average molecular weight is 290 g/mol. The second-order valence-electron chi connectivity index (χ2n) is 6.02. The zero-order chi connectivity index (χ0) is 15.5. The summed E-state index contributed by atoms with van der Waals surface area (Å²) in [4.78, 5) is 0. The van der Waals surface area contributed by atoms with Gasteiger partial charge in [0.05, 0.1) is 0 Å². The summed E-state index contributed by atoms with van der Waals surface area (Å²) in [5, 5.41) is 7.64. The van der Waals surface area contributed by atoms with E-state index in [0.717, 1.165) is 31.3 Å². The normalized spacial score (nSPS) is 18.0. The van der Waals surface area contributed by atoms with Gasteiger partial charge in [0.2, 0.25) is 0 Å². The fourth-order valence-electron chi connectivity index (χ4n) is 3.09. The molecule has 2 aliphatic carbocycles. The van der Waals surface area contributed by atoms with Crippen molar-refractivity contribution < 1.29 is 0 Å². The molecule has 0 heterocycles. The second kappa shape index (κ2) is 6.18. The molecule has 22 heavy (non-hydrogen) atoms. The van der Waals surface area contributed by atoms with Gasteiger partial charge in [-0.1, -0.05) is 48.1 Å². The van der Waals surface area contributed by atoms with E-state index in [9.17, 15) is 0 Å². The molecule has 3 rings (SSSR count). The van der Waals surface area contributed by atoms with E-state index in [4.69, 9.17) is 11.1 Å². The van der Waals surface area contributed by atoms with E-state index in [1.807, 2.05) is 0 Å². The standard InChI is InChI=1S/C20H22N2/c1-14-5-2-6-15(11-14)16-7-3-8-17(12-16)18-9-4-10-19(13-18)20(21)22/h2,5-6,8-9,11-13H,3-4,7,10H2,1H3,(H3,21,22). The highest BCUT2D eigenvalue weighted by molar-refractivity contribution is 5.95. The maximum atomic E-state index is 7.64. The van der Waals surface area contributed by atoms with Crippen LogP contribution < -0.4 is 5.73 Å². The first kappa shape index (κ1) is 14.6. The van der Waals surface area contributed by atoms with Crippen molar-refractivity contribution in [3.8, 4) is 0 Å². The Morgan fingerprint density at radius 2 is 1.77 bits per heavy atom. The quantitative estimate of drug-likeness (QED) is 0.616. The number of hydrogen-bond acceptors (Lipinski definition) is 1. The molecule has 0 fully saturated rings. The minimum atomic E-state index is 0.199. The fourth-order valence-corrected chi connectivity index (χ4v) is 3.09. The Bertz CT molecular complexity index is 730. The average Bonchev–Trinajstić information content (AvgIpc) is 2.55. The molecule has 1 aromatic rings. The summed E-state index contributed by atoms with van der Waals surface area (Å²) in [5.74, 6) is 0.199. The molecule has 0 aliphatic heterocycles. The second-order valence-corrected chi connectivity index (χ2v) is 6.02. The van der Waals surface area contributed by atoms with Crippen LogP contribution in [-0.2, 0) is 0 Å². The van der Waals surface area contributed by atoms with Crippen LogP contribution in [0.25, 0.3) is 5.57 Å². The van der Waals surface area contributed by atoms with Crippen LogP contribution in [0.4, 0.5) is 0 Å². The molecule has 0 unspecified atom stereocenters. The summed E-state index contributed by atoms with van der Waals surface area (Å²) in [7, 11) is 0. The number of benzene rings is 1. The van der Waals surface area contributed by atoms with E-state index in [1.54, 1.807) is 0 Å². The Labute approximate surface area is 132 Å². The predicted molar refractivity (Wildman–Crippen MR) is 93.8 cm³/mol. The number of nitrogens with two attached hydrogens (primary N) is 1. The first-order valence-electron chi connectivity index (χ1n) is 7.87. The molecular weight excluding hydrogens is 268 g/mol. The number of hydrogen-bond donors (Lipinski definition) is 2. The minimum Gasteiger partial charge on any atom is -0.384 e. The fraction of sp³-hybridized carbons (Fsp3) is 0.250. The van der Waals surface area contributed by atoms with Crippen LogP contribution in [0, 0.1) is 12.3 Å². The van der Waals surface area contributed by atoms with Gasteiger partial charge in [-0.05, 0) is 66.5 Å². The van der Waals surface area contributed by atoms with E-state index in [-0.39, 0.29) is 5.84 Å². The molecule has 0 amide bonds. The molecule has 0 atom stereocenters. The lowest BCUT2D eigenvalue weighted by molar-refractivity contribution is 0.976. The molecule has 2 heteroatoms. The van der Waals surface area contributed by atoms with Crippen LogP contribution >= 0.6 is 0 Å². The Morgan fingerprint density at radius 1 is 1.05 bits per heavy atom. The molecule has 3 N–H and O–H groups in total. The Hall–Kier alpha value is -2.35. The largest absolute Gasteiger partial charge is 0.384 e. The van der Waals surface area contributed by atoms with E-state index < -0.39 is 0 Å². The number of allylic oxidation sites excluding steroid dienone is 7. The summed E-state index contributed by atoms with van der Waals surface area (Å²) >= 11 is 0. The highest BCUT2D eigenvalue weighted by atomic mass is 14.7. The molecule has 2 nitrogen and oxygen atoms in total.